The number of aryl methyl sites for hydroxylation is 1. The zero-order valence-electron chi connectivity index (χ0n) is 11.5. The quantitative estimate of drug-likeness (QED) is 0.849. The highest BCUT2D eigenvalue weighted by molar-refractivity contribution is 4.89. The Balaban J connectivity index is 1.86. The summed E-state index contributed by atoms with van der Waals surface area (Å²) in [6, 6.07) is 0.488. The van der Waals surface area contributed by atoms with Crippen LogP contribution < -0.4 is 5.32 Å². The van der Waals surface area contributed by atoms with E-state index in [9.17, 15) is 0 Å². The SMILES string of the molecule is CCC1(CC)CC(NCc2nnn(C)n2)CCO1. The summed E-state index contributed by atoms with van der Waals surface area (Å²) in [6.07, 6.45) is 4.28. The third-order valence-electron chi connectivity index (χ3n) is 3.88. The van der Waals surface area contributed by atoms with Gasteiger partial charge in [0.25, 0.3) is 0 Å². The summed E-state index contributed by atoms with van der Waals surface area (Å²) in [5.74, 6) is 0.752. The molecule has 0 bridgehead atoms. The fraction of sp³-hybridized carbons (Fsp3) is 0.917. The van der Waals surface area contributed by atoms with E-state index in [1.54, 1.807) is 7.05 Å². The smallest absolute Gasteiger partial charge is 0.188 e. The van der Waals surface area contributed by atoms with E-state index in [1.807, 2.05) is 0 Å². The first-order valence-corrected chi connectivity index (χ1v) is 6.77. The lowest BCUT2D eigenvalue weighted by molar-refractivity contribution is -0.0932. The molecule has 102 valence electrons. The molecule has 18 heavy (non-hydrogen) atoms. The molecule has 0 amide bonds. The number of hydrogen-bond acceptors (Lipinski definition) is 5. The zero-order valence-corrected chi connectivity index (χ0v) is 11.5. The number of tetrazole rings is 1. The Morgan fingerprint density at radius 2 is 2.22 bits per heavy atom. The number of hydrogen-bond donors (Lipinski definition) is 1. The second kappa shape index (κ2) is 5.75. The molecule has 1 aliphatic rings. The molecule has 0 saturated carbocycles. The number of nitrogens with zero attached hydrogens (tertiary/aromatic N) is 4. The Hall–Kier alpha value is -1.01. The van der Waals surface area contributed by atoms with Crippen LogP contribution in [0.1, 0.15) is 45.4 Å². The fourth-order valence-electron chi connectivity index (χ4n) is 2.57. The lowest BCUT2D eigenvalue weighted by Gasteiger charge is -2.40. The van der Waals surface area contributed by atoms with Crippen molar-refractivity contribution in [1.82, 2.24) is 25.5 Å². The Labute approximate surface area is 108 Å². The average Bonchev–Trinajstić information content (AvgIpc) is 2.82. The van der Waals surface area contributed by atoms with E-state index < -0.39 is 0 Å². The van der Waals surface area contributed by atoms with Gasteiger partial charge in [-0.15, -0.1) is 10.2 Å². The normalized spacial score (nSPS) is 23.2. The minimum absolute atomic E-state index is 0.0612. The summed E-state index contributed by atoms with van der Waals surface area (Å²) in [7, 11) is 1.78. The molecule has 1 fully saturated rings. The van der Waals surface area contributed by atoms with Crippen LogP contribution in [0.25, 0.3) is 0 Å². The van der Waals surface area contributed by atoms with Crippen molar-refractivity contribution < 1.29 is 4.74 Å². The van der Waals surface area contributed by atoms with Crippen LogP contribution in [-0.4, -0.2) is 38.5 Å². The minimum atomic E-state index is 0.0612. The lowest BCUT2D eigenvalue weighted by atomic mass is 9.86. The van der Waals surface area contributed by atoms with Crippen molar-refractivity contribution in [3.8, 4) is 0 Å². The van der Waals surface area contributed by atoms with Crippen molar-refractivity contribution in [3.05, 3.63) is 5.82 Å². The molecular formula is C12H23N5O. The molecule has 1 atom stereocenters. The van der Waals surface area contributed by atoms with Gasteiger partial charge in [0.1, 0.15) is 0 Å². The van der Waals surface area contributed by atoms with Crippen LogP contribution in [0.15, 0.2) is 0 Å². The van der Waals surface area contributed by atoms with Gasteiger partial charge in [-0.25, -0.2) is 0 Å². The molecule has 2 rings (SSSR count). The highest BCUT2D eigenvalue weighted by Gasteiger charge is 2.34. The van der Waals surface area contributed by atoms with Crippen molar-refractivity contribution in [2.75, 3.05) is 6.61 Å². The van der Waals surface area contributed by atoms with Crippen LogP contribution in [0.3, 0.4) is 0 Å². The van der Waals surface area contributed by atoms with E-state index in [1.165, 1.54) is 4.80 Å². The van der Waals surface area contributed by atoms with Crippen LogP contribution in [-0.2, 0) is 18.3 Å². The Morgan fingerprint density at radius 1 is 1.44 bits per heavy atom. The average molecular weight is 253 g/mol. The Bertz CT molecular complexity index is 374. The molecule has 1 aliphatic heterocycles. The fourth-order valence-corrected chi connectivity index (χ4v) is 2.57. The van der Waals surface area contributed by atoms with E-state index in [2.05, 4.69) is 34.6 Å². The minimum Gasteiger partial charge on any atom is -0.375 e. The van der Waals surface area contributed by atoms with Crippen molar-refractivity contribution in [2.24, 2.45) is 7.05 Å². The maximum absolute atomic E-state index is 5.96. The van der Waals surface area contributed by atoms with Gasteiger partial charge in [0, 0.05) is 12.6 Å². The Kier molecular flexibility index (Phi) is 4.29. The van der Waals surface area contributed by atoms with Gasteiger partial charge in [-0.3, -0.25) is 0 Å². The van der Waals surface area contributed by atoms with Crippen LogP contribution >= 0.6 is 0 Å². The van der Waals surface area contributed by atoms with Crippen LogP contribution in [0.2, 0.25) is 0 Å². The standard InChI is InChI=1S/C12H23N5O/c1-4-12(5-2)8-10(6-7-18-12)13-9-11-14-16-17(3)15-11/h10,13H,4-9H2,1-3H3. The van der Waals surface area contributed by atoms with E-state index in [0.717, 1.165) is 38.1 Å². The van der Waals surface area contributed by atoms with Gasteiger partial charge in [0.2, 0.25) is 0 Å². The monoisotopic (exact) mass is 253 g/mol. The first-order valence-electron chi connectivity index (χ1n) is 6.77. The van der Waals surface area contributed by atoms with Crippen molar-refractivity contribution >= 4 is 0 Å². The predicted octanol–water partition coefficient (Wildman–Crippen LogP) is 1.04. The van der Waals surface area contributed by atoms with E-state index in [4.69, 9.17) is 4.74 Å². The molecule has 1 aromatic rings. The molecule has 6 heteroatoms. The van der Waals surface area contributed by atoms with E-state index >= 15 is 0 Å². The molecule has 0 aliphatic carbocycles. The summed E-state index contributed by atoms with van der Waals surface area (Å²) in [6.45, 7) is 5.93. The van der Waals surface area contributed by atoms with Crippen LogP contribution in [0.5, 0.6) is 0 Å². The van der Waals surface area contributed by atoms with Gasteiger partial charge in [0.15, 0.2) is 5.82 Å². The molecule has 6 nitrogen and oxygen atoms in total. The highest BCUT2D eigenvalue weighted by atomic mass is 16.5. The van der Waals surface area contributed by atoms with Gasteiger partial charge < -0.3 is 10.1 Å². The summed E-state index contributed by atoms with van der Waals surface area (Å²) >= 11 is 0. The van der Waals surface area contributed by atoms with Gasteiger partial charge in [0.05, 0.1) is 19.2 Å². The molecule has 1 unspecified atom stereocenters. The molecular weight excluding hydrogens is 230 g/mol. The Morgan fingerprint density at radius 3 is 2.83 bits per heavy atom. The number of rotatable bonds is 5. The summed E-state index contributed by atoms with van der Waals surface area (Å²) in [5.41, 5.74) is 0.0612. The molecule has 1 aromatic heterocycles. The number of nitrogens with one attached hydrogen (secondary N) is 1. The second-order valence-corrected chi connectivity index (χ2v) is 5.00. The summed E-state index contributed by atoms with van der Waals surface area (Å²) in [4.78, 5) is 1.49. The topological polar surface area (TPSA) is 64.9 Å². The molecule has 0 radical (unpaired) electrons. The number of ether oxygens (including phenoxy) is 1. The maximum atomic E-state index is 5.96. The van der Waals surface area contributed by atoms with Gasteiger partial charge in [-0.2, -0.15) is 4.80 Å². The highest BCUT2D eigenvalue weighted by Crippen LogP contribution is 2.31. The first-order chi connectivity index (χ1) is 8.67. The first kappa shape index (κ1) is 13.4. The number of aromatic nitrogens is 4. The molecule has 0 spiro atoms. The van der Waals surface area contributed by atoms with Crippen molar-refractivity contribution in [1.29, 1.82) is 0 Å². The van der Waals surface area contributed by atoms with Crippen molar-refractivity contribution in [3.63, 3.8) is 0 Å². The van der Waals surface area contributed by atoms with E-state index in [-0.39, 0.29) is 5.60 Å². The summed E-state index contributed by atoms with van der Waals surface area (Å²) < 4.78 is 5.96. The maximum Gasteiger partial charge on any atom is 0.188 e. The van der Waals surface area contributed by atoms with Crippen molar-refractivity contribution in [2.45, 2.75) is 57.7 Å². The van der Waals surface area contributed by atoms with Gasteiger partial charge >= 0.3 is 0 Å². The largest absolute Gasteiger partial charge is 0.375 e. The van der Waals surface area contributed by atoms with Gasteiger partial charge in [-0.05, 0) is 30.9 Å². The zero-order chi connectivity index (χ0) is 13.0. The predicted molar refractivity (Wildman–Crippen MR) is 67.9 cm³/mol. The lowest BCUT2D eigenvalue weighted by Crippen LogP contribution is -2.46. The molecule has 2 heterocycles. The molecule has 0 aromatic carbocycles. The summed E-state index contributed by atoms with van der Waals surface area (Å²) in [5, 5.41) is 15.5. The van der Waals surface area contributed by atoms with Crippen LogP contribution in [0, 0.1) is 0 Å². The third kappa shape index (κ3) is 3.05. The van der Waals surface area contributed by atoms with Crippen LogP contribution in [0.4, 0.5) is 0 Å². The van der Waals surface area contributed by atoms with Gasteiger partial charge in [-0.1, -0.05) is 13.8 Å². The van der Waals surface area contributed by atoms with E-state index in [0.29, 0.717) is 12.6 Å². The second-order valence-electron chi connectivity index (χ2n) is 5.00. The third-order valence-corrected chi connectivity index (χ3v) is 3.88. The molecule has 1 saturated heterocycles. The molecule has 1 N–H and O–H groups in total.